The Hall–Kier alpha value is -1.000. The molecule has 4 heteroatoms. The summed E-state index contributed by atoms with van der Waals surface area (Å²) in [4.78, 5) is 16.0. The lowest BCUT2D eigenvalue weighted by molar-refractivity contribution is 0.103. The predicted octanol–water partition coefficient (Wildman–Crippen LogP) is 3.84. The number of hydrogen-bond acceptors (Lipinski definition) is 2. The minimum atomic E-state index is -0.0180. The van der Waals surface area contributed by atoms with Crippen molar-refractivity contribution in [2.45, 2.75) is 0 Å². The van der Waals surface area contributed by atoms with Crippen molar-refractivity contribution >= 4 is 37.6 Å². The standard InChI is InChI=1S/C12H7Br2NO/c13-9-1-2-11(14)10(7-9)12(16)8-3-5-15-6-4-8/h1-7H. The SMILES string of the molecule is O=C(c1ccncc1)c1cc(Br)ccc1Br. The fourth-order valence-electron chi connectivity index (χ4n) is 1.33. The van der Waals surface area contributed by atoms with Crippen LogP contribution in [-0.4, -0.2) is 10.8 Å². The van der Waals surface area contributed by atoms with Crippen LogP contribution in [0, 0.1) is 0 Å². The summed E-state index contributed by atoms with van der Waals surface area (Å²) in [6.45, 7) is 0. The van der Waals surface area contributed by atoms with Gasteiger partial charge in [0.2, 0.25) is 0 Å². The van der Waals surface area contributed by atoms with E-state index in [0.29, 0.717) is 11.1 Å². The number of ketones is 1. The van der Waals surface area contributed by atoms with Crippen molar-refractivity contribution in [1.29, 1.82) is 0 Å². The Labute approximate surface area is 110 Å². The van der Waals surface area contributed by atoms with E-state index in [1.807, 2.05) is 12.1 Å². The van der Waals surface area contributed by atoms with Crippen LogP contribution in [0.15, 0.2) is 51.7 Å². The number of rotatable bonds is 2. The second-order valence-electron chi connectivity index (χ2n) is 3.19. The molecule has 0 fully saturated rings. The van der Waals surface area contributed by atoms with E-state index in [-0.39, 0.29) is 5.78 Å². The number of carbonyl (C=O) groups excluding carboxylic acids is 1. The fraction of sp³-hybridized carbons (Fsp3) is 0. The molecule has 2 nitrogen and oxygen atoms in total. The van der Waals surface area contributed by atoms with Crippen LogP contribution in [0.5, 0.6) is 0 Å². The lowest BCUT2D eigenvalue weighted by atomic mass is 10.1. The molecule has 0 aliphatic rings. The van der Waals surface area contributed by atoms with Crippen molar-refractivity contribution in [3.05, 3.63) is 62.8 Å². The fourth-order valence-corrected chi connectivity index (χ4v) is 2.12. The molecule has 0 atom stereocenters. The highest BCUT2D eigenvalue weighted by atomic mass is 79.9. The zero-order valence-corrected chi connectivity index (χ0v) is 11.3. The summed E-state index contributed by atoms with van der Waals surface area (Å²) in [7, 11) is 0. The summed E-state index contributed by atoms with van der Waals surface area (Å²) in [5.41, 5.74) is 1.27. The number of aromatic nitrogens is 1. The Bertz CT molecular complexity index is 526. The first kappa shape index (κ1) is 11.5. The third-order valence-electron chi connectivity index (χ3n) is 2.12. The average Bonchev–Trinajstić information content (AvgIpc) is 2.32. The van der Waals surface area contributed by atoms with E-state index in [4.69, 9.17) is 0 Å². The van der Waals surface area contributed by atoms with Crippen molar-refractivity contribution in [2.24, 2.45) is 0 Å². The van der Waals surface area contributed by atoms with Crippen LogP contribution >= 0.6 is 31.9 Å². The van der Waals surface area contributed by atoms with Gasteiger partial charge in [0.1, 0.15) is 0 Å². The van der Waals surface area contributed by atoms with Gasteiger partial charge < -0.3 is 0 Å². The molecule has 0 aliphatic carbocycles. The van der Waals surface area contributed by atoms with E-state index in [2.05, 4.69) is 36.8 Å². The molecule has 0 unspecified atom stereocenters. The minimum absolute atomic E-state index is 0.0180. The molecule has 0 N–H and O–H groups in total. The Morgan fingerprint density at radius 1 is 1.06 bits per heavy atom. The number of halogens is 2. The van der Waals surface area contributed by atoms with E-state index in [1.54, 1.807) is 30.6 Å². The van der Waals surface area contributed by atoms with E-state index in [0.717, 1.165) is 8.95 Å². The highest BCUT2D eigenvalue weighted by Crippen LogP contribution is 2.23. The molecule has 0 saturated heterocycles. The average molecular weight is 341 g/mol. The maximum absolute atomic E-state index is 12.1. The Kier molecular flexibility index (Phi) is 3.51. The summed E-state index contributed by atoms with van der Waals surface area (Å²) >= 11 is 6.72. The van der Waals surface area contributed by atoms with Gasteiger partial charge in [0, 0.05) is 32.5 Å². The zero-order valence-electron chi connectivity index (χ0n) is 8.15. The highest BCUT2D eigenvalue weighted by Gasteiger charge is 2.12. The summed E-state index contributed by atoms with van der Waals surface area (Å²) in [5, 5.41) is 0. The molecule has 0 bridgehead atoms. The summed E-state index contributed by atoms with van der Waals surface area (Å²) in [6, 6.07) is 8.93. The first-order valence-electron chi connectivity index (χ1n) is 4.58. The third kappa shape index (κ3) is 2.39. The van der Waals surface area contributed by atoms with Gasteiger partial charge >= 0.3 is 0 Å². The second-order valence-corrected chi connectivity index (χ2v) is 4.96. The summed E-state index contributed by atoms with van der Waals surface area (Å²) in [5.74, 6) is -0.0180. The maximum atomic E-state index is 12.1. The maximum Gasteiger partial charge on any atom is 0.194 e. The van der Waals surface area contributed by atoms with Gasteiger partial charge in [-0.25, -0.2) is 0 Å². The van der Waals surface area contributed by atoms with Gasteiger partial charge in [0.05, 0.1) is 0 Å². The molecular formula is C12H7Br2NO. The zero-order chi connectivity index (χ0) is 11.5. The number of pyridine rings is 1. The summed E-state index contributed by atoms with van der Waals surface area (Å²) in [6.07, 6.45) is 3.22. The van der Waals surface area contributed by atoms with E-state index < -0.39 is 0 Å². The van der Waals surface area contributed by atoms with Crippen LogP contribution < -0.4 is 0 Å². The number of hydrogen-bond donors (Lipinski definition) is 0. The monoisotopic (exact) mass is 339 g/mol. The van der Waals surface area contributed by atoms with Crippen LogP contribution in [0.3, 0.4) is 0 Å². The van der Waals surface area contributed by atoms with Gasteiger partial charge in [-0.05, 0) is 30.3 Å². The first-order chi connectivity index (χ1) is 7.68. The van der Waals surface area contributed by atoms with Crippen molar-refractivity contribution in [1.82, 2.24) is 4.98 Å². The predicted molar refractivity (Wildman–Crippen MR) is 69.5 cm³/mol. The van der Waals surface area contributed by atoms with Crippen molar-refractivity contribution in [3.8, 4) is 0 Å². The molecule has 2 rings (SSSR count). The first-order valence-corrected chi connectivity index (χ1v) is 6.17. The Morgan fingerprint density at radius 3 is 2.44 bits per heavy atom. The van der Waals surface area contributed by atoms with Crippen molar-refractivity contribution in [2.75, 3.05) is 0 Å². The van der Waals surface area contributed by atoms with Crippen molar-refractivity contribution in [3.63, 3.8) is 0 Å². The number of nitrogens with zero attached hydrogens (tertiary/aromatic N) is 1. The van der Waals surface area contributed by atoms with Crippen LogP contribution in [0.25, 0.3) is 0 Å². The summed E-state index contributed by atoms with van der Waals surface area (Å²) < 4.78 is 1.67. The quantitative estimate of drug-likeness (QED) is 0.777. The van der Waals surface area contributed by atoms with Crippen molar-refractivity contribution < 1.29 is 4.79 Å². The molecule has 16 heavy (non-hydrogen) atoms. The molecule has 80 valence electrons. The molecule has 1 aromatic heterocycles. The molecule has 2 aromatic rings. The molecule has 1 aromatic carbocycles. The van der Waals surface area contributed by atoms with E-state index in [9.17, 15) is 4.79 Å². The van der Waals surface area contributed by atoms with Gasteiger partial charge in [-0.3, -0.25) is 9.78 Å². The topological polar surface area (TPSA) is 30.0 Å². The molecular weight excluding hydrogens is 334 g/mol. The molecule has 1 heterocycles. The third-order valence-corrected chi connectivity index (χ3v) is 3.30. The van der Waals surface area contributed by atoms with Crippen LogP contribution in [-0.2, 0) is 0 Å². The van der Waals surface area contributed by atoms with Gasteiger partial charge in [-0.1, -0.05) is 31.9 Å². The van der Waals surface area contributed by atoms with E-state index in [1.165, 1.54) is 0 Å². The van der Waals surface area contributed by atoms with E-state index >= 15 is 0 Å². The number of carbonyl (C=O) groups is 1. The largest absolute Gasteiger partial charge is 0.289 e. The van der Waals surface area contributed by atoms with Gasteiger partial charge in [-0.2, -0.15) is 0 Å². The minimum Gasteiger partial charge on any atom is -0.289 e. The van der Waals surface area contributed by atoms with Crippen LogP contribution in [0.1, 0.15) is 15.9 Å². The van der Waals surface area contributed by atoms with Crippen LogP contribution in [0.4, 0.5) is 0 Å². The number of benzene rings is 1. The highest BCUT2D eigenvalue weighted by molar-refractivity contribution is 9.11. The van der Waals surface area contributed by atoms with Gasteiger partial charge in [0.15, 0.2) is 5.78 Å². The molecule has 0 amide bonds. The van der Waals surface area contributed by atoms with Crippen LogP contribution in [0.2, 0.25) is 0 Å². The normalized spacial score (nSPS) is 10.1. The van der Waals surface area contributed by atoms with Gasteiger partial charge in [-0.15, -0.1) is 0 Å². The lowest BCUT2D eigenvalue weighted by Crippen LogP contribution is -2.02. The molecule has 0 aliphatic heterocycles. The Balaban J connectivity index is 2.46. The Morgan fingerprint density at radius 2 is 1.75 bits per heavy atom. The molecule has 0 radical (unpaired) electrons. The smallest absolute Gasteiger partial charge is 0.194 e. The lowest BCUT2D eigenvalue weighted by Gasteiger charge is -2.04. The molecule has 0 saturated carbocycles. The van der Waals surface area contributed by atoms with Gasteiger partial charge in [0.25, 0.3) is 0 Å². The second kappa shape index (κ2) is 4.89. The molecule has 0 spiro atoms.